The lowest BCUT2D eigenvalue weighted by atomic mass is 10.2. The molecule has 0 bridgehead atoms. The van der Waals surface area contributed by atoms with Crippen LogP contribution in [0.3, 0.4) is 0 Å². The minimum Gasteiger partial charge on any atom is -0.465 e. The van der Waals surface area contributed by atoms with E-state index in [1.165, 1.54) is 5.57 Å². The van der Waals surface area contributed by atoms with Crippen molar-refractivity contribution in [3.05, 3.63) is 29.7 Å². The fourth-order valence-electron chi connectivity index (χ4n) is 2.36. The molecule has 0 aromatic carbocycles. The molecular weight excluding hydrogens is 242 g/mol. The molecule has 0 radical (unpaired) electrons. The molecule has 106 valence electrons. The Bertz CT molecular complexity index is 386. The predicted molar refractivity (Wildman–Crippen MR) is 75.0 cm³/mol. The van der Waals surface area contributed by atoms with Gasteiger partial charge in [-0.25, -0.2) is 0 Å². The average molecular weight is 265 g/mol. The van der Waals surface area contributed by atoms with E-state index >= 15 is 0 Å². The molecule has 1 saturated heterocycles. The lowest BCUT2D eigenvalue weighted by Gasteiger charge is -2.33. The van der Waals surface area contributed by atoms with Crippen LogP contribution in [-0.2, 0) is 9.47 Å². The molecule has 0 aliphatic carbocycles. The lowest BCUT2D eigenvalue weighted by molar-refractivity contribution is -0.0378. The van der Waals surface area contributed by atoms with Gasteiger partial charge < -0.3 is 13.9 Å². The highest BCUT2D eigenvalue weighted by Gasteiger charge is 2.20. The van der Waals surface area contributed by atoms with Crippen LogP contribution >= 0.6 is 0 Å². The number of methoxy groups -OCH3 is 1. The summed E-state index contributed by atoms with van der Waals surface area (Å²) in [5.41, 5.74) is 1.31. The third-order valence-corrected chi connectivity index (χ3v) is 3.27. The Kier molecular flexibility index (Phi) is 5.63. The lowest BCUT2D eigenvalue weighted by Crippen LogP contribution is -2.43. The molecule has 1 aromatic rings. The van der Waals surface area contributed by atoms with E-state index in [1.807, 2.05) is 12.1 Å². The number of furan rings is 1. The van der Waals surface area contributed by atoms with Crippen LogP contribution in [0.4, 0.5) is 0 Å². The van der Waals surface area contributed by atoms with Crippen LogP contribution in [0.1, 0.15) is 19.1 Å². The maximum Gasteiger partial charge on any atom is 0.126 e. The third kappa shape index (κ3) is 4.82. The molecule has 4 heteroatoms. The molecule has 1 aliphatic rings. The summed E-state index contributed by atoms with van der Waals surface area (Å²) in [6, 6.07) is 3.89. The summed E-state index contributed by atoms with van der Waals surface area (Å²) in [5.74, 6) is 0.918. The molecule has 0 N–H and O–H groups in total. The maximum atomic E-state index is 5.74. The van der Waals surface area contributed by atoms with Crippen LogP contribution in [0.15, 0.2) is 28.4 Å². The second-order valence-electron chi connectivity index (χ2n) is 5.02. The first-order valence-corrected chi connectivity index (χ1v) is 6.81. The van der Waals surface area contributed by atoms with Gasteiger partial charge in [-0.15, -0.1) is 0 Å². The summed E-state index contributed by atoms with van der Waals surface area (Å²) in [4.78, 5) is 2.43. The van der Waals surface area contributed by atoms with Crippen molar-refractivity contribution in [1.82, 2.24) is 4.90 Å². The van der Waals surface area contributed by atoms with Crippen molar-refractivity contribution in [3.63, 3.8) is 0 Å². The van der Waals surface area contributed by atoms with E-state index in [1.54, 1.807) is 13.4 Å². The van der Waals surface area contributed by atoms with Gasteiger partial charge in [0.2, 0.25) is 0 Å². The van der Waals surface area contributed by atoms with Crippen molar-refractivity contribution in [3.8, 4) is 0 Å². The molecule has 0 saturated carbocycles. The third-order valence-electron chi connectivity index (χ3n) is 3.27. The number of hydrogen-bond acceptors (Lipinski definition) is 4. The Morgan fingerprint density at radius 2 is 2.47 bits per heavy atom. The number of rotatable bonds is 6. The SMILES string of the molecule is COCC[C@@H]1CN(C/C(C)=C/c2ccco2)CCO1. The fraction of sp³-hybridized carbons (Fsp3) is 0.600. The number of ether oxygens (including phenoxy) is 2. The van der Waals surface area contributed by atoms with Crippen LogP contribution in [0.25, 0.3) is 6.08 Å². The standard InChI is InChI=1S/C15H23NO3/c1-13(10-14-4-3-7-18-14)11-16-6-9-19-15(12-16)5-8-17-2/h3-4,7,10,15H,5-6,8-9,11-12H2,1-2H3/b13-10+/t15-/m1/s1. The summed E-state index contributed by atoms with van der Waals surface area (Å²) < 4.78 is 16.2. The summed E-state index contributed by atoms with van der Waals surface area (Å²) in [7, 11) is 1.73. The Balaban J connectivity index is 1.81. The highest BCUT2D eigenvalue weighted by molar-refractivity contribution is 5.46. The van der Waals surface area contributed by atoms with Gasteiger partial charge >= 0.3 is 0 Å². The van der Waals surface area contributed by atoms with Gasteiger partial charge in [-0.3, -0.25) is 4.90 Å². The molecule has 0 amide bonds. The van der Waals surface area contributed by atoms with Gasteiger partial charge in [-0.2, -0.15) is 0 Å². The van der Waals surface area contributed by atoms with Crippen molar-refractivity contribution in [1.29, 1.82) is 0 Å². The van der Waals surface area contributed by atoms with Gasteiger partial charge in [0, 0.05) is 33.4 Å². The second-order valence-corrected chi connectivity index (χ2v) is 5.02. The Labute approximate surface area is 115 Å². The first-order chi connectivity index (χ1) is 9.28. The smallest absolute Gasteiger partial charge is 0.126 e. The maximum absolute atomic E-state index is 5.74. The van der Waals surface area contributed by atoms with Crippen molar-refractivity contribution in [2.24, 2.45) is 0 Å². The largest absolute Gasteiger partial charge is 0.465 e. The van der Waals surface area contributed by atoms with E-state index in [4.69, 9.17) is 13.9 Å². The zero-order valence-corrected chi connectivity index (χ0v) is 11.8. The van der Waals surface area contributed by atoms with Crippen LogP contribution < -0.4 is 0 Å². The first-order valence-electron chi connectivity index (χ1n) is 6.81. The second kappa shape index (κ2) is 7.48. The van der Waals surface area contributed by atoms with E-state index < -0.39 is 0 Å². The summed E-state index contributed by atoms with van der Waals surface area (Å²) in [6.45, 7) is 6.65. The molecule has 2 rings (SSSR count). The number of hydrogen-bond donors (Lipinski definition) is 0. The van der Waals surface area contributed by atoms with Crippen molar-refractivity contribution in [2.75, 3.05) is 40.0 Å². The highest BCUT2D eigenvalue weighted by atomic mass is 16.5. The van der Waals surface area contributed by atoms with Gasteiger partial charge in [-0.1, -0.05) is 5.57 Å². The normalized spacial score (nSPS) is 21.8. The zero-order chi connectivity index (χ0) is 13.5. The van der Waals surface area contributed by atoms with Gasteiger partial charge in [0.05, 0.1) is 19.0 Å². The molecule has 0 unspecified atom stereocenters. The molecule has 2 heterocycles. The average Bonchev–Trinajstić information content (AvgIpc) is 2.89. The molecular formula is C15H23NO3. The van der Waals surface area contributed by atoms with E-state index in [2.05, 4.69) is 17.9 Å². The van der Waals surface area contributed by atoms with Crippen LogP contribution in [0, 0.1) is 0 Å². The van der Waals surface area contributed by atoms with Crippen molar-refractivity contribution < 1.29 is 13.9 Å². The van der Waals surface area contributed by atoms with Gasteiger partial charge in [0.15, 0.2) is 0 Å². The fourth-order valence-corrected chi connectivity index (χ4v) is 2.36. The van der Waals surface area contributed by atoms with E-state index in [0.717, 1.165) is 45.0 Å². The zero-order valence-electron chi connectivity index (χ0n) is 11.8. The summed E-state index contributed by atoms with van der Waals surface area (Å²) >= 11 is 0. The predicted octanol–water partition coefficient (Wildman–Crippen LogP) is 2.42. The molecule has 0 spiro atoms. The van der Waals surface area contributed by atoms with E-state index in [-0.39, 0.29) is 0 Å². The Morgan fingerprint density at radius 3 is 3.21 bits per heavy atom. The molecule has 1 aromatic heterocycles. The Hall–Kier alpha value is -1.10. The topological polar surface area (TPSA) is 34.8 Å². The van der Waals surface area contributed by atoms with Crippen molar-refractivity contribution >= 4 is 6.08 Å². The van der Waals surface area contributed by atoms with Gasteiger partial charge in [-0.05, 0) is 31.6 Å². The van der Waals surface area contributed by atoms with Crippen LogP contribution in [-0.4, -0.2) is 51.0 Å². The number of morpholine rings is 1. The Morgan fingerprint density at radius 1 is 1.58 bits per heavy atom. The monoisotopic (exact) mass is 265 g/mol. The quantitative estimate of drug-likeness (QED) is 0.791. The minimum absolute atomic E-state index is 0.296. The van der Waals surface area contributed by atoms with Crippen LogP contribution in [0.5, 0.6) is 0 Å². The molecule has 19 heavy (non-hydrogen) atoms. The summed E-state index contributed by atoms with van der Waals surface area (Å²) in [5, 5.41) is 0. The number of nitrogens with zero attached hydrogens (tertiary/aromatic N) is 1. The minimum atomic E-state index is 0.296. The van der Waals surface area contributed by atoms with E-state index in [9.17, 15) is 0 Å². The first kappa shape index (κ1) is 14.3. The molecule has 1 fully saturated rings. The highest BCUT2D eigenvalue weighted by Crippen LogP contribution is 2.13. The molecule has 1 aliphatic heterocycles. The van der Waals surface area contributed by atoms with Crippen LogP contribution in [0.2, 0.25) is 0 Å². The van der Waals surface area contributed by atoms with Crippen molar-refractivity contribution in [2.45, 2.75) is 19.4 Å². The van der Waals surface area contributed by atoms with Gasteiger partial charge in [0.1, 0.15) is 5.76 Å². The summed E-state index contributed by atoms with van der Waals surface area (Å²) in [6.07, 6.45) is 5.06. The molecule has 1 atom stereocenters. The van der Waals surface area contributed by atoms with E-state index in [0.29, 0.717) is 6.10 Å². The molecule has 4 nitrogen and oxygen atoms in total. The van der Waals surface area contributed by atoms with Gasteiger partial charge in [0.25, 0.3) is 0 Å².